The molecule has 0 unspecified atom stereocenters. The highest BCUT2D eigenvalue weighted by Gasteiger charge is 2.21. The van der Waals surface area contributed by atoms with E-state index in [4.69, 9.17) is 0 Å². The van der Waals surface area contributed by atoms with Gasteiger partial charge in [0.1, 0.15) is 0 Å². The van der Waals surface area contributed by atoms with E-state index in [2.05, 4.69) is 18.3 Å². The van der Waals surface area contributed by atoms with Crippen molar-refractivity contribution in [2.45, 2.75) is 13.8 Å². The topological polar surface area (TPSA) is 58.4 Å². The minimum absolute atomic E-state index is 0.429. The van der Waals surface area contributed by atoms with Gasteiger partial charge < -0.3 is 10.2 Å². The minimum atomic E-state index is -0.429. The Morgan fingerprint density at radius 2 is 2.18 bits per heavy atom. The van der Waals surface area contributed by atoms with Crippen LogP contribution >= 0.6 is 0 Å². The van der Waals surface area contributed by atoms with Gasteiger partial charge in [-0.15, -0.1) is 0 Å². The molecule has 2 rings (SSSR count). The molecule has 0 aliphatic carbocycles. The van der Waals surface area contributed by atoms with E-state index in [1.54, 1.807) is 0 Å². The fourth-order valence-corrected chi connectivity index (χ4v) is 1.89. The third kappa shape index (κ3) is 2.38. The second-order valence-electron chi connectivity index (χ2n) is 4.15. The molecule has 0 aromatic heterocycles. The van der Waals surface area contributed by atoms with Crippen molar-refractivity contribution >= 4 is 5.69 Å². The molecule has 0 spiro atoms. The highest BCUT2D eigenvalue weighted by molar-refractivity contribution is 5.55. The highest BCUT2D eigenvalue weighted by atomic mass is 16.6. The molecule has 0 radical (unpaired) electrons. The van der Waals surface area contributed by atoms with Gasteiger partial charge in [-0.2, -0.15) is 0 Å². The maximum Gasteiger partial charge on any atom is 0.274 e. The average Bonchev–Trinajstić information content (AvgIpc) is 2.69. The molecule has 0 atom stereocenters. The molecule has 1 fully saturated rings. The molecule has 1 aliphatic rings. The molecule has 1 heterocycles. The smallest absolute Gasteiger partial charge is 0.274 e. The van der Waals surface area contributed by atoms with Crippen LogP contribution in [0.3, 0.4) is 0 Å². The van der Waals surface area contributed by atoms with Gasteiger partial charge in [-0.25, -0.2) is 0 Å². The Kier molecular flexibility index (Phi) is 2.99. The van der Waals surface area contributed by atoms with Crippen LogP contribution in [-0.4, -0.2) is 18.0 Å². The number of benzene rings is 1. The van der Waals surface area contributed by atoms with Gasteiger partial charge in [0.05, 0.1) is 4.92 Å². The van der Waals surface area contributed by atoms with Crippen LogP contribution in [-0.2, 0) is 0 Å². The number of rotatable bonds is 2. The van der Waals surface area contributed by atoms with Crippen LogP contribution in [0.15, 0.2) is 30.2 Å². The zero-order valence-corrected chi connectivity index (χ0v) is 9.93. The van der Waals surface area contributed by atoms with Crippen LogP contribution in [0, 0.1) is 24.0 Å². The third-order valence-corrected chi connectivity index (χ3v) is 2.96. The number of aryl methyl sites for hydroxylation is 2. The van der Waals surface area contributed by atoms with Crippen LogP contribution in [0.2, 0.25) is 0 Å². The summed E-state index contributed by atoms with van der Waals surface area (Å²) in [4.78, 5) is 12.0. The van der Waals surface area contributed by atoms with Crippen molar-refractivity contribution in [3.05, 3.63) is 51.5 Å². The lowest BCUT2D eigenvalue weighted by molar-refractivity contribution is -0.403. The number of anilines is 1. The zero-order chi connectivity index (χ0) is 12.4. The van der Waals surface area contributed by atoms with E-state index in [0.29, 0.717) is 5.82 Å². The van der Waals surface area contributed by atoms with Crippen LogP contribution in [0.25, 0.3) is 0 Å². The first-order chi connectivity index (χ1) is 8.08. The maximum atomic E-state index is 10.5. The van der Waals surface area contributed by atoms with Crippen molar-refractivity contribution in [3.8, 4) is 0 Å². The summed E-state index contributed by atoms with van der Waals surface area (Å²) >= 11 is 0. The van der Waals surface area contributed by atoms with E-state index < -0.39 is 4.92 Å². The predicted molar refractivity (Wildman–Crippen MR) is 66.3 cm³/mol. The van der Waals surface area contributed by atoms with Crippen molar-refractivity contribution in [2.24, 2.45) is 0 Å². The fraction of sp³-hybridized carbons (Fsp3) is 0.333. The lowest BCUT2D eigenvalue weighted by Crippen LogP contribution is -2.20. The Hall–Kier alpha value is -2.04. The number of nitro groups is 1. The number of nitrogens with zero attached hydrogens (tertiary/aromatic N) is 2. The number of hydrogen-bond donors (Lipinski definition) is 1. The Balaban J connectivity index is 2.32. The van der Waals surface area contributed by atoms with Crippen LogP contribution in [0.4, 0.5) is 5.69 Å². The monoisotopic (exact) mass is 233 g/mol. The average molecular weight is 233 g/mol. The Labute approximate surface area is 99.9 Å². The van der Waals surface area contributed by atoms with E-state index in [0.717, 1.165) is 25.0 Å². The van der Waals surface area contributed by atoms with E-state index in [1.165, 1.54) is 11.1 Å². The van der Waals surface area contributed by atoms with Gasteiger partial charge >= 0.3 is 0 Å². The van der Waals surface area contributed by atoms with Gasteiger partial charge in [-0.3, -0.25) is 10.1 Å². The quantitative estimate of drug-likeness (QED) is 0.625. The van der Waals surface area contributed by atoms with E-state index in [1.807, 2.05) is 24.0 Å². The van der Waals surface area contributed by atoms with E-state index >= 15 is 0 Å². The Morgan fingerprint density at radius 1 is 1.41 bits per heavy atom. The van der Waals surface area contributed by atoms with Crippen molar-refractivity contribution in [2.75, 3.05) is 18.0 Å². The van der Waals surface area contributed by atoms with Crippen molar-refractivity contribution in [1.82, 2.24) is 5.32 Å². The maximum absolute atomic E-state index is 10.5. The summed E-state index contributed by atoms with van der Waals surface area (Å²) in [6.07, 6.45) is 1.02. The molecule has 1 aromatic carbocycles. The van der Waals surface area contributed by atoms with Gasteiger partial charge in [0.2, 0.25) is 0 Å². The SMILES string of the molecule is Cc1ccc(N2CCNC2=C[N+](=O)[O-])cc1C. The van der Waals surface area contributed by atoms with E-state index in [-0.39, 0.29) is 0 Å². The lowest BCUT2D eigenvalue weighted by Gasteiger charge is -2.18. The van der Waals surface area contributed by atoms with E-state index in [9.17, 15) is 10.1 Å². The van der Waals surface area contributed by atoms with Crippen LogP contribution in [0.1, 0.15) is 11.1 Å². The highest BCUT2D eigenvalue weighted by Crippen LogP contribution is 2.23. The molecule has 0 bridgehead atoms. The molecule has 90 valence electrons. The summed E-state index contributed by atoms with van der Waals surface area (Å²) in [6.45, 7) is 5.57. The molecule has 1 N–H and O–H groups in total. The molecule has 1 aromatic rings. The summed E-state index contributed by atoms with van der Waals surface area (Å²) in [5.74, 6) is 0.554. The molecular weight excluding hydrogens is 218 g/mol. The summed E-state index contributed by atoms with van der Waals surface area (Å²) < 4.78 is 0. The van der Waals surface area contributed by atoms with Crippen molar-refractivity contribution in [1.29, 1.82) is 0 Å². The predicted octanol–water partition coefficient (Wildman–Crippen LogP) is 1.79. The van der Waals surface area contributed by atoms with Crippen LogP contribution in [0.5, 0.6) is 0 Å². The molecule has 17 heavy (non-hydrogen) atoms. The summed E-state index contributed by atoms with van der Waals surface area (Å²) in [5.41, 5.74) is 3.40. The lowest BCUT2D eigenvalue weighted by atomic mass is 10.1. The summed E-state index contributed by atoms with van der Waals surface area (Å²) in [6, 6.07) is 6.08. The first-order valence-electron chi connectivity index (χ1n) is 5.52. The van der Waals surface area contributed by atoms with Gasteiger partial charge in [0, 0.05) is 18.8 Å². The largest absolute Gasteiger partial charge is 0.365 e. The Morgan fingerprint density at radius 3 is 2.82 bits per heavy atom. The summed E-state index contributed by atoms with van der Waals surface area (Å²) in [7, 11) is 0. The molecule has 0 saturated carbocycles. The van der Waals surface area contributed by atoms with Crippen LogP contribution < -0.4 is 10.2 Å². The molecular formula is C12H15N3O2. The standard InChI is InChI=1S/C12H15N3O2/c1-9-3-4-11(7-10(9)2)14-6-5-13-12(14)8-15(16)17/h3-4,7-8,13H,5-6H2,1-2H3. The minimum Gasteiger partial charge on any atom is -0.365 e. The molecule has 5 heteroatoms. The first kappa shape index (κ1) is 11.4. The first-order valence-corrected chi connectivity index (χ1v) is 5.52. The van der Waals surface area contributed by atoms with Gasteiger partial charge in [-0.05, 0) is 37.1 Å². The van der Waals surface area contributed by atoms with Gasteiger partial charge in [-0.1, -0.05) is 6.07 Å². The third-order valence-electron chi connectivity index (χ3n) is 2.96. The molecule has 1 saturated heterocycles. The molecule has 0 amide bonds. The molecule has 5 nitrogen and oxygen atoms in total. The number of nitrogens with one attached hydrogen (secondary N) is 1. The van der Waals surface area contributed by atoms with Crippen molar-refractivity contribution < 1.29 is 4.92 Å². The van der Waals surface area contributed by atoms with Crippen molar-refractivity contribution in [3.63, 3.8) is 0 Å². The normalized spacial score (nSPS) is 17.3. The number of hydrogen-bond acceptors (Lipinski definition) is 4. The summed E-state index contributed by atoms with van der Waals surface area (Å²) in [5, 5.41) is 13.5. The van der Waals surface area contributed by atoms with Gasteiger partial charge in [0.15, 0.2) is 5.82 Å². The Bertz CT molecular complexity index is 483. The fourth-order valence-electron chi connectivity index (χ4n) is 1.89. The zero-order valence-electron chi connectivity index (χ0n) is 9.93. The second-order valence-corrected chi connectivity index (χ2v) is 4.15. The molecule has 1 aliphatic heterocycles. The second kappa shape index (κ2) is 4.45. The van der Waals surface area contributed by atoms with Gasteiger partial charge in [0.25, 0.3) is 6.20 Å².